The van der Waals surface area contributed by atoms with Gasteiger partial charge in [0.1, 0.15) is 12.0 Å². The van der Waals surface area contributed by atoms with Gasteiger partial charge < -0.3 is 4.57 Å². The Bertz CT molecular complexity index is 875. The van der Waals surface area contributed by atoms with E-state index in [9.17, 15) is 4.79 Å². The summed E-state index contributed by atoms with van der Waals surface area (Å²) in [5, 5.41) is 9.02. The molecule has 0 spiro atoms. The Morgan fingerprint density at radius 1 is 1.33 bits per heavy atom. The molecule has 0 saturated heterocycles. The fourth-order valence-electron chi connectivity index (χ4n) is 3.55. The van der Waals surface area contributed by atoms with Crippen molar-refractivity contribution < 1.29 is 4.79 Å². The standard InChI is InChI=1S/C19H20N4O/c1-3-18(24)19-17-10-13-8-9-15(22-21-12(13)2)14-6-4-5-7-16(14)23(17)11-20-19/h4-7,11,15H,3,8-10H2,1-2H3. The maximum Gasteiger partial charge on any atom is 0.182 e. The molecule has 2 aromatic rings. The third-order valence-electron chi connectivity index (χ3n) is 4.97. The summed E-state index contributed by atoms with van der Waals surface area (Å²) in [6, 6.07) is 8.28. The highest BCUT2D eigenvalue weighted by molar-refractivity contribution is 5.95. The highest BCUT2D eigenvalue weighted by Gasteiger charge is 2.26. The lowest BCUT2D eigenvalue weighted by Gasteiger charge is -2.16. The van der Waals surface area contributed by atoms with Gasteiger partial charge >= 0.3 is 0 Å². The minimum absolute atomic E-state index is 0.0485. The number of carbonyl (C=O) groups is 1. The molecule has 2 bridgehead atoms. The number of ketones is 1. The molecule has 1 atom stereocenters. The van der Waals surface area contributed by atoms with Crippen LogP contribution in [-0.2, 0) is 6.42 Å². The Kier molecular flexibility index (Phi) is 3.63. The lowest BCUT2D eigenvalue weighted by Crippen LogP contribution is -2.09. The molecule has 0 radical (unpaired) electrons. The number of para-hydroxylation sites is 1. The van der Waals surface area contributed by atoms with Crippen LogP contribution >= 0.6 is 0 Å². The summed E-state index contributed by atoms with van der Waals surface area (Å²) in [4.78, 5) is 16.8. The van der Waals surface area contributed by atoms with Crippen LogP contribution in [0.15, 0.2) is 52.1 Å². The zero-order valence-electron chi connectivity index (χ0n) is 14.0. The van der Waals surface area contributed by atoms with Crippen LogP contribution in [0.4, 0.5) is 0 Å². The first-order valence-electron chi connectivity index (χ1n) is 8.47. The van der Waals surface area contributed by atoms with Crippen LogP contribution in [-0.4, -0.2) is 15.3 Å². The number of fused-ring (bicyclic) bond motifs is 7. The van der Waals surface area contributed by atoms with Crippen molar-refractivity contribution in [3.8, 4) is 5.69 Å². The van der Waals surface area contributed by atoms with Crippen molar-refractivity contribution in [1.82, 2.24) is 9.55 Å². The van der Waals surface area contributed by atoms with Crippen LogP contribution in [0.25, 0.3) is 5.69 Å². The monoisotopic (exact) mass is 320 g/mol. The molecule has 1 aromatic carbocycles. The van der Waals surface area contributed by atoms with Crippen molar-refractivity contribution in [3.05, 3.63) is 58.8 Å². The van der Waals surface area contributed by atoms with E-state index < -0.39 is 0 Å². The Hall–Kier alpha value is -2.56. The zero-order chi connectivity index (χ0) is 16.7. The number of benzene rings is 1. The van der Waals surface area contributed by atoms with Gasteiger partial charge in [0.05, 0.1) is 23.1 Å². The first-order valence-corrected chi connectivity index (χ1v) is 8.47. The van der Waals surface area contributed by atoms with Gasteiger partial charge in [-0.25, -0.2) is 4.98 Å². The summed E-state index contributed by atoms with van der Waals surface area (Å²) in [7, 11) is 0. The van der Waals surface area contributed by atoms with Gasteiger partial charge in [0.15, 0.2) is 5.78 Å². The summed E-state index contributed by atoms with van der Waals surface area (Å²) in [5.41, 5.74) is 5.99. The fraction of sp³-hybridized carbons (Fsp3) is 0.368. The predicted octanol–water partition coefficient (Wildman–Crippen LogP) is 4.58. The number of nitrogens with zero attached hydrogens (tertiary/aromatic N) is 4. The molecule has 3 heterocycles. The number of rotatable bonds is 2. The van der Waals surface area contributed by atoms with E-state index in [2.05, 4.69) is 31.9 Å². The Morgan fingerprint density at radius 3 is 3.00 bits per heavy atom. The van der Waals surface area contributed by atoms with Crippen LogP contribution < -0.4 is 0 Å². The summed E-state index contributed by atoms with van der Waals surface area (Å²) in [5.74, 6) is 0.0905. The molecule has 0 saturated carbocycles. The minimum atomic E-state index is 0.0485. The third-order valence-corrected chi connectivity index (χ3v) is 4.97. The summed E-state index contributed by atoms with van der Waals surface area (Å²) < 4.78 is 2.07. The molecule has 4 rings (SSSR count). The molecule has 1 unspecified atom stereocenters. The van der Waals surface area contributed by atoms with Gasteiger partial charge in [0.25, 0.3) is 0 Å². The molecule has 0 N–H and O–H groups in total. The molecule has 0 aliphatic carbocycles. The number of hydrogen-bond donors (Lipinski definition) is 0. The largest absolute Gasteiger partial charge is 0.302 e. The molecule has 5 heteroatoms. The molecule has 2 aliphatic rings. The second-order valence-electron chi connectivity index (χ2n) is 6.38. The van der Waals surface area contributed by atoms with Gasteiger partial charge in [-0.05, 0) is 31.4 Å². The Morgan fingerprint density at radius 2 is 2.17 bits per heavy atom. The SMILES string of the molecule is CCC(=O)c1ncn2c1CC1=C(C)N=NC(CC1)c1ccccc1-2. The molecule has 1 aromatic heterocycles. The minimum Gasteiger partial charge on any atom is -0.302 e. The van der Waals surface area contributed by atoms with E-state index in [0.717, 1.165) is 35.5 Å². The molecule has 24 heavy (non-hydrogen) atoms. The predicted molar refractivity (Wildman–Crippen MR) is 91.4 cm³/mol. The molecule has 5 nitrogen and oxygen atoms in total. The first kappa shape index (κ1) is 15.0. The van der Waals surface area contributed by atoms with Gasteiger partial charge in [0, 0.05) is 18.4 Å². The van der Waals surface area contributed by atoms with Crippen molar-refractivity contribution in [2.24, 2.45) is 10.2 Å². The van der Waals surface area contributed by atoms with Crippen molar-refractivity contribution in [2.75, 3.05) is 0 Å². The number of hydrogen-bond acceptors (Lipinski definition) is 4. The quantitative estimate of drug-likeness (QED) is 0.760. The first-order chi connectivity index (χ1) is 11.7. The van der Waals surface area contributed by atoms with Crippen LogP contribution in [0, 0.1) is 0 Å². The molecule has 2 aliphatic heterocycles. The van der Waals surface area contributed by atoms with Crippen LogP contribution in [0.3, 0.4) is 0 Å². The summed E-state index contributed by atoms with van der Waals surface area (Å²) in [6.45, 7) is 3.89. The third kappa shape index (κ3) is 2.31. The van der Waals surface area contributed by atoms with E-state index in [4.69, 9.17) is 0 Å². The highest BCUT2D eigenvalue weighted by Crippen LogP contribution is 2.37. The van der Waals surface area contributed by atoms with E-state index in [-0.39, 0.29) is 11.8 Å². The number of allylic oxidation sites excluding steroid dienone is 2. The van der Waals surface area contributed by atoms with E-state index in [1.807, 2.05) is 26.0 Å². The Labute approximate surface area is 141 Å². The van der Waals surface area contributed by atoms with Crippen molar-refractivity contribution >= 4 is 5.78 Å². The van der Waals surface area contributed by atoms with Crippen LogP contribution in [0.2, 0.25) is 0 Å². The Balaban J connectivity index is 2.00. The van der Waals surface area contributed by atoms with Gasteiger partial charge in [0.2, 0.25) is 0 Å². The van der Waals surface area contributed by atoms with Crippen molar-refractivity contribution in [1.29, 1.82) is 0 Å². The van der Waals surface area contributed by atoms with Crippen molar-refractivity contribution in [2.45, 2.75) is 45.6 Å². The molecular weight excluding hydrogens is 300 g/mol. The smallest absolute Gasteiger partial charge is 0.182 e. The average Bonchev–Trinajstić information content (AvgIpc) is 2.95. The molecule has 0 amide bonds. The fourth-order valence-corrected chi connectivity index (χ4v) is 3.55. The number of Topliss-reactive ketones (excluding diaryl/α,β-unsaturated/α-hetero) is 1. The van der Waals surface area contributed by atoms with E-state index in [0.29, 0.717) is 18.5 Å². The molecule has 0 fully saturated rings. The van der Waals surface area contributed by atoms with Crippen LogP contribution in [0.5, 0.6) is 0 Å². The second kappa shape index (κ2) is 5.82. The maximum atomic E-state index is 12.4. The maximum absolute atomic E-state index is 12.4. The van der Waals surface area contributed by atoms with Gasteiger partial charge in [-0.2, -0.15) is 10.2 Å². The lowest BCUT2D eigenvalue weighted by atomic mass is 9.97. The van der Waals surface area contributed by atoms with E-state index in [1.165, 1.54) is 5.57 Å². The van der Waals surface area contributed by atoms with E-state index >= 15 is 0 Å². The highest BCUT2D eigenvalue weighted by atomic mass is 16.1. The van der Waals surface area contributed by atoms with Gasteiger partial charge in [-0.1, -0.05) is 25.1 Å². The summed E-state index contributed by atoms with van der Waals surface area (Å²) in [6.07, 6.45) is 4.84. The van der Waals surface area contributed by atoms with Gasteiger partial charge in [-0.15, -0.1) is 0 Å². The number of azo groups is 1. The topological polar surface area (TPSA) is 59.6 Å². The lowest BCUT2D eigenvalue weighted by molar-refractivity contribution is 0.0983. The molecule has 122 valence electrons. The molecular formula is C19H20N4O. The zero-order valence-corrected chi connectivity index (χ0v) is 14.0. The van der Waals surface area contributed by atoms with E-state index in [1.54, 1.807) is 6.33 Å². The average molecular weight is 320 g/mol. The number of carbonyl (C=O) groups excluding carboxylic acids is 1. The van der Waals surface area contributed by atoms with Gasteiger partial charge in [-0.3, -0.25) is 4.79 Å². The second-order valence-corrected chi connectivity index (χ2v) is 6.38. The van der Waals surface area contributed by atoms with Crippen molar-refractivity contribution in [3.63, 3.8) is 0 Å². The number of aromatic nitrogens is 2. The number of imidazole rings is 1. The normalized spacial score (nSPS) is 19.2. The summed E-state index contributed by atoms with van der Waals surface area (Å²) >= 11 is 0. The van der Waals surface area contributed by atoms with Crippen LogP contribution in [0.1, 0.15) is 60.9 Å².